The first-order chi connectivity index (χ1) is 59.1. The Labute approximate surface area is 760 Å². The lowest BCUT2D eigenvalue weighted by atomic mass is 9.91. The van der Waals surface area contributed by atoms with Crippen molar-refractivity contribution in [2.75, 3.05) is 79.7 Å². The summed E-state index contributed by atoms with van der Waals surface area (Å²) in [6, 6.07) is 27.6. The number of nitrogens with two attached hydrogens (primary N) is 1. The monoisotopic (exact) mass is 1800 g/mol. The first kappa shape index (κ1) is 115. The van der Waals surface area contributed by atoms with Gasteiger partial charge in [-0.15, -0.1) is 11.6 Å². The van der Waals surface area contributed by atoms with E-state index >= 15 is 0 Å². The van der Waals surface area contributed by atoms with Crippen LogP contribution in [0.4, 0.5) is 0 Å². The maximum Gasteiger partial charge on any atom is 0.315 e. The number of aliphatic carboxylic acids is 1. The number of hydrogen-bond acceptors (Lipinski definition) is 19. The van der Waals surface area contributed by atoms with Crippen molar-refractivity contribution in [3.8, 4) is 0 Å². The zero-order valence-electron chi connectivity index (χ0n) is 80.5. The number of Topliss-reactive ketones (excluding diaryl/α,β-unsaturated/α-hetero) is 2. The molecule has 0 aliphatic carbocycles. The average molecular weight is 1800 g/mol. The molecular weight excluding hydrogens is 1640 g/mol. The molecule has 0 aliphatic heterocycles. The number of alkyl halides is 1. The van der Waals surface area contributed by atoms with E-state index in [2.05, 4.69) is 142 Å². The second-order valence-corrected chi connectivity index (χ2v) is 36.8. The lowest BCUT2D eigenvalue weighted by Gasteiger charge is -2.30. The number of halogens is 2. The Morgan fingerprint density at radius 3 is 1.09 bits per heavy atom. The molecule has 0 bridgehead atoms. The minimum atomic E-state index is -1.06. The molecule has 0 spiro atoms. The number of fused-ring (bicyclic) bond motifs is 3. The number of furan rings is 3. The van der Waals surface area contributed by atoms with Crippen molar-refractivity contribution in [3.05, 3.63) is 143 Å². The van der Waals surface area contributed by atoms with E-state index in [1.165, 1.54) is 14.2 Å². The van der Waals surface area contributed by atoms with E-state index in [4.69, 9.17) is 47.3 Å². The fourth-order valence-corrected chi connectivity index (χ4v) is 13.4. The molecule has 0 radical (unpaired) electrons. The Balaban J connectivity index is 0.000000759. The molecule has 8 rings (SSSR count). The number of ether oxygens (including phenoxy) is 2. The molecule has 0 aliphatic rings. The fraction of sp³-hybridized carbons (Fsp3) is 0.592. The van der Waals surface area contributed by atoms with Gasteiger partial charge in [-0.3, -0.25) is 57.3 Å². The van der Waals surface area contributed by atoms with E-state index in [0.29, 0.717) is 144 Å². The molecule has 1 unspecified atom stereocenters. The summed E-state index contributed by atoms with van der Waals surface area (Å²) in [7, 11) is 6.26. The van der Waals surface area contributed by atoms with Crippen LogP contribution in [0.2, 0.25) is 0 Å². The maximum absolute atomic E-state index is 13.7. The molecule has 4 N–H and O–H groups in total. The number of esters is 2. The molecule has 5 aromatic heterocycles. The fourth-order valence-electron chi connectivity index (χ4n) is 13.0. The van der Waals surface area contributed by atoms with Crippen LogP contribution in [-0.2, 0) is 103 Å². The summed E-state index contributed by atoms with van der Waals surface area (Å²) in [5, 5.41) is 23.0. The van der Waals surface area contributed by atoms with E-state index in [-0.39, 0.29) is 54.5 Å². The third kappa shape index (κ3) is 50.1. The number of carboxylic acids is 1. The van der Waals surface area contributed by atoms with Crippen molar-refractivity contribution in [3.63, 3.8) is 0 Å². The van der Waals surface area contributed by atoms with Crippen LogP contribution in [0.25, 0.3) is 32.9 Å². The van der Waals surface area contributed by atoms with Gasteiger partial charge in [0.15, 0.2) is 0 Å². The minimum absolute atomic E-state index is 0.00734. The Morgan fingerprint density at radius 2 is 0.778 bits per heavy atom. The standard InChI is InChI=1S/C27H37N3O3.C21H29NO3.C12H23NO3.C11H21NO3.C9H9NO.C8H19N.C6H9ClN2.C4H5ClO3/c1-18(2)16-30(17-19(3)4)27(32)24(15-23-13-20(5)28-29(23)6)25(31)9-7-21-8-10-26-22(14-21)11-12-33-26;1-15(2)13-22(14-16(3)4)21(24)12-19(23)7-5-17-6-8-20-18(11-17)9-10-25-20;1-9(2)7-13(8-10(3)4)11(14)6-12(15)16-5;1-8(2)6-12(7-9(3)4)10(13)5-11(14)15;10-6-7-1-2-9-8(5-7)3-4-11-9;1-7(2)5-9-6-8(3)4;1-5-3-6(4-7)9(2)8-5;1-8-4(7)2-3(5)6/h8,10-14,18-19,24H,7,9,15-17H2,1-6H3;6,8-11,15-16H,5,7,12-14H2,1-4H3;9-10H,6-8H2,1-5H3;8-9H,5-7H2,1-4H3,(H,14,15);1-5H,6,10H2;7-9H,5-6H2,1-4H3;3H,4H2,1-2H3;2H2,1H3. The van der Waals surface area contributed by atoms with Gasteiger partial charge in [-0.1, -0.05) is 157 Å². The molecule has 3 aromatic carbocycles. The average Bonchev–Trinajstić information content (AvgIpc) is 1.61. The van der Waals surface area contributed by atoms with E-state index in [9.17, 15) is 47.9 Å². The van der Waals surface area contributed by atoms with Gasteiger partial charge in [-0.05, 0) is 194 Å². The highest BCUT2D eigenvalue weighted by Gasteiger charge is 2.33. The molecule has 0 saturated carbocycles. The SMILES string of the molecule is CC(C)CN(CC(C)C)C(=O)CC(=O)CCc1ccc2occc2c1.CC(C)CN(CC(C)C)C(=O)CC(=O)O.CC(C)CNCC(C)C.COC(=O)CC(=O)Cl.COC(=O)CC(=O)N(CC(C)C)CC(C)C.Cc1cc(CC(C(=O)CCc2ccc3occc3c2)C(=O)N(CC(C)C)CC(C)C)n(C)n1.Cc1cc(CCl)n(C)n1.NCc1ccc2occc2c1. The maximum atomic E-state index is 13.7. The van der Waals surface area contributed by atoms with Crippen LogP contribution >= 0.6 is 23.2 Å². The smallest absolute Gasteiger partial charge is 0.315 e. The summed E-state index contributed by atoms with van der Waals surface area (Å²) in [4.78, 5) is 124. The molecule has 26 nitrogen and oxygen atoms in total. The Kier molecular flexibility index (Phi) is 56.2. The predicted octanol–water partition coefficient (Wildman–Crippen LogP) is 18.3. The number of aromatic nitrogens is 4. The highest BCUT2D eigenvalue weighted by Crippen LogP contribution is 2.24. The van der Waals surface area contributed by atoms with Gasteiger partial charge in [-0.25, -0.2) is 0 Å². The highest BCUT2D eigenvalue weighted by molar-refractivity contribution is 6.64. The van der Waals surface area contributed by atoms with E-state index in [1.807, 2.05) is 144 Å². The molecule has 5 heterocycles. The third-order valence-corrected chi connectivity index (χ3v) is 18.8. The van der Waals surface area contributed by atoms with Crippen molar-refractivity contribution in [2.45, 2.75) is 223 Å². The Morgan fingerprint density at radius 1 is 0.444 bits per heavy atom. The Hall–Kier alpha value is -9.50. The van der Waals surface area contributed by atoms with Gasteiger partial charge >= 0.3 is 17.9 Å². The van der Waals surface area contributed by atoms with Gasteiger partial charge in [0.05, 0.1) is 62.4 Å². The van der Waals surface area contributed by atoms with Gasteiger partial charge in [0, 0.05) is 114 Å². The summed E-state index contributed by atoms with van der Waals surface area (Å²) >= 11 is 10.4. The molecule has 0 fully saturated rings. The van der Waals surface area contributed by atoms with Crippen LogP contribution in [0, 0.1) is 78.9 Å². The second-order valence-electron chi connectivity index (χ2n) is 36.1. The molecule has 8 aromatic rings. The second kappa shape index (κ2) is 61.8. The van der Waals surface area contributed by atoms with Crippen molar-refractivity contribution in [1.29, 1.82) is 0 Å². The lowest BCUT2D eigenvalue weighted by molar-refractivity contribution is -0.148. The van der Waals surface area contributed by atoms with Crippen LogP contribution in [0.5, 0.6) is 0 Å². The van der Waals surface area contributed by atoms with Gasteiger partial charge < -0.3 is 58.5 Å². The quantitative estimate of drug-likeness (QED) is 0.0139. The topological polar surface area (TPSA) is 335 Å². The van der Waals surface area contributed by atoms with E-state index < -0.39 is 35.5 Å². The molecule has 28 heteroatoms. The van der Waals surface area contributed by atoms with Crippen molar-refractivity contribution >= 4 is 114 Å². The summed E-state index contributed by atoms with van der Waals surface area (Å²) in [6.07, 6.45) is 6.47. The van der Waals surface area contributed by atoms with Crippen LogP contribution in [-0.4, -0.2) is 182 Å². The number of nitrogens with zero attached hydrogens (tertiary/aromatic N) is 8. The van der Waals surface area contributed by atoms with Crippen LogP contribution in [0.1, 0.15) is 216 Å². The number of hydrogen-bond donors (Lipinski definition) is 3. The summed E-state index contributed by atoms with van der Waals surface area (Å²) < 4.78 is 28.1. The van der Waals surface area contributed by atoms with E-state index in [0.717, 1.165) is 97.3 Å². The van der Waals surface area contributed by atoms with Crippen molar-refractivity contribution < 1.29 is 75.8 Å². The number of methoxy groups -OCH3 is 2. The third-order valence-electron chi connectivity index (χ3n) is 18.4. The molecule has 126 heavy (non-hydrogen) atoms. The molecule has 0 saturated heterocycles. The number of carboxylic acid groups (broad SMARTS) is 1. The first-order valence-corrected chi connectivity index (χ1v) is 45.1. The summed E-state index contributed by atoms with van der Waals surface area (Å²) in [6.45, 7) is 54.1. The van der Waals surface area contributed by atoms with Gasteiger partial charge in [0.25, 0.3) is 0 Å². The van der Waals surface area contributed by atoms with Crippen LogP contribution < -0.4 is 11.1 Å². The van der Waals surface area contributed by atoms with Gasteiger partial charge in [-0.2, -0.15) is 10.2 Å². The van der Waals surface area contributed by atoms with Crippen molar-refractivity contribution in [1.82, 2.24) is 44.5 Å². The molecule has 1 atom stereocenters. The predicted molar refractivity (Wildman–Crippen MR) is 504 cm³/mol. The number of aryl methyl sites for hydroxylation is 6. The number of amides is 4. The number of carbonyl (C=O) groups excluding carboxylic acids is 9. The molecule has 4 amide bonds. The van der Waals surface area contributed by atoms with Crippen molar-refractivity contribution in [2.24, 2.45) is 84.9 Å². The lowest BCUT2D eigenvalue weighted by Crippen LogP contribution is -2.44. The number of rotatable bonds is 40. The van der Waals surface area contributed by atoms with Gasteiger partial charge in [0.1, 0.15) is 53.5 Å². The normalized spacial score (nSPS) is 11.2. The summed E-state index contributed by atoms with van der Waals surface area (Å²) in [5.74, 6) is 1.74. The zero-order chi connectivity index (χ0) is 95.6. The van der Waals surface area contributed by atoms with Crippen LogP contribution in [0.3, 0.4) is 0 Å². The summed E-state index contributed by atoms with van der Waals surface area (Å²) in [5.41, 5.74) is 15.3. The first-order valence-electron chi connectivity index (χ1n) is 44.1. The highest BCUT2D eigenvalue weighted by atomic mass is 35.5. The minimum Gasteiger partial charge on any atom is -0.481 e. The van der Waals surface area contributed by atoms with Crippen LogP contribution in [0.15, 0.2) is 117 Å². The molecular formula is C98H152Cl2N10O16. The number of benzene rings is 3. The van der Waals surface area contributed by atoms with E-state index in [1.54, 1.807) is 38.0 Å². The largest absolute Gasteiger partial charge is 0.481 e. The zero-order valence-corrected chi connectivity index (χ0v) is 82.0. The Bertz CT molecular complexity index is 4480. The number of carbonyl (C=O) groups is 10. The number of ketones is 2. The van der Waals surface area contributed by atoms with Gasteiger partial charge in [0.2, 0.25) is 28.9 Å². The number of nitrogens with one attached hydrogen (secondary N) is 1. The molecule has 704 valence electrons.